The first-order valence-electron chi connectivity index (χ1n) is 5.38. The van der Waals surface area contributed by atoms with Crippen molar-refractivity contribution in [3.8, 4) is 0 Å². The van der Waals surface area contributed by atoms with E-state index in [2.05, 4.69) is 27.2 Å². The van der Waals surface area contributed by atoms with Crippen molar-refractivity contribution >= 4 is 23.1 Å². The van der Waals surface area contributed by atoms with Gasteiger partial charge in [-0.1, -0.05) is 18.5 Å². The molecule has 0 aliphatic carbocycles. The summed E-state index contributed by atoms with van der Waals surface area (Å²) >= 11 is 5.84. The summed E-state index contributed by atoms with van der Waals surface area (Å²) in [6.45, 7) is 2.06. The average molecular weight is 252 g/mol. The molecule has 2 heterocycles. The van der Waals surface area contributed by atoms with Gasteiger partial charge in [0.1, 0.15) is 11.0 Å². The molecule has 0 amide bonds. The molecule has 0 fully saturated rings. The summed E-state index contributed by atoms with van der Waals surface area (Å²) in [5.74, 6) is 1.44. The molecule has 2 rings (SSSR count). The van der Waals surface area contributed by atoms with Gasteiger partial charge in [0.15, 0.2) is 5.82 Å². The van der Waals surface area contributed by atoms with E-state index in [0.29, 0.717) is 16.7 Å². The van der Waals surface area contributed by atoms with Gasteiger partial charge >= 0.3 is 0 Å². The molecular formula is C11H14ClN5. The van der Waals surface area contributed by atoms with E-state index in [1.165, 1.54) is 0 Å². The quantitative estimate of drug-likeness (QED) is 0.730. The first-order chi connectivity index (χ1) is 8.20. The number of H-pyrrole nitrogens is 1. The van der Waals surface area contributed by atoms with Crippen LogP contribution in [0.5, 0.6) is 0 Å². The van der Waals surface area contributed by atoms with Gasteiger partial charge in [-0.15, -0.1) is 0 Å². The number of nitrogens with zero attached hydrogens (tertiary/aromatic N) is 2. The average Bonchev–Trinajstić information content (AvgIpc) is 2.84. The smallest absolute Gasteiger partial charge is 0.151 e. The zero-order valence-corrected chi connectivity index (χ0v) is 10.2. The maximum absolute atomic E-state index is 5.84. The Kier molecular flexibility index (Phi) is 3.49. The van der Waals surface area contributed by atoms with Gasteiger partial charge in [-0.3, -0.25) is 0 Å². The van der Waals surface area contributed by atoms with E-state index in [1.54, 1.807) is 24.5 Å². The lowest BCUT2D eigenvalue weighted by atomic mass is 10.2. The van der Waals surface area contributed by atoms with Crippen molar-refractivity contribution in [2.45, 2.75) is 19.4 Å². The van der Waals surface area contributed by atoms with Gasteiger partial charge < -0.3 is 16.0 Å². The van der Waals surface area contributed by atoms with Crippen LogP contribution in [0.1, 0.15) is 25.2 Å². The molecule has 0 aliphatic rings. The van der Waals surface area contributed by atoms with E-state index >= 15 is 0 Å². The van der Waals surface area contributed by atoms with Crippen LogP contribution in [0, 0.1) is 0 Å². The minimum absolute atomic E-state index is 0.0401. The van der Waals surface area contributed by atoms with Crippen LogP contribution < -0.4 is 11.1 Å². The maximum Gasteiger partial charge on any atom is 0.151 e. The fraction of sp³-hybridized carbons (Fsp3) is 0.273. The number of hydrogen-bond acceptors (Lipinski definition) is 4. The summed E-state index contributed by atoms with van der Waals surface area (Å²) < 4.78 is 0. The Balaban J connectivity index is 2.21. The maximum atomic E-state index is 5.84. The molecule has 2 aromatic heterocycles. The van der Waals surface area contributed by atoms with E-state index in [9.17, 15) is 0 Å². The largest absolute Gasteiger partial charge is 0.396 e. The molecule has 1 atom stereocenters. The molecule has 0 aromatic carbocycles. The predicted octanol–water partition coefficient (Wildman–Crippen LogP) is 2.60. The van der Waals surface area contributed by atoms with E-state index < -0.39 is 0 Å². The molecule has 1 unspecified atom stereocenters. The summed E-state index contributed by atoms with van der Waals surface area (Å²) in [6.07, 6.45) is 4.37. The zero-order valence-electron chi connectivity index (χ0n) is 9.44. The van der Waals surface area contributed by atoms with Crippen LogP contribution in [-0.4, -0.2) is 15.0 Å². The van der Waals surface area contributed by atoms with Gasteiger partial charge in [-0.25, -0.2) is 9.97 Å². The van der Waals surface area contributed by atoms with Gasteiger partial charge in [-0.05, 0) is 18.6 Å². The second-order valence-electron chi connectivity index (χ2n) is 3.65. The van der Waals surface area contributed by atoms with E-state index in [0.717, 1.165) is 12.2 Å². The molecule has 2 aromatic rings. The molecule has 5 nitrogen and oxygen atoms in total. The Hall–Kier alpha value is -1.75. The van der Waals surface area contributed by atoms with Gasteiger partial charge in [0.05, 0.1) is 11.7 Å². The Labute approximate surface area is 104 Å². The van der Waals surface area contributed by atoms with Crippen LogP contribution in [0.2, 0.25) is 5.15 Å². The minimum Gasteiger partial charge on any atom is -0.396 e. The van der Waals surface area contributed by atoms with Crippen molar-refractivity contribution in [3.63, 3.8) is 0 Å². The lowest BCUT2D eigenvalue weighted by Gasteiger charge is -2.16. The molecule has 4 N–H and O–H groups in total. The Morgan fingerprint density at radius 1 is 1.53 bits per heavy atom. The lowest BCUT2D eigenvalue weighted by Crippen LogP contribution is -2.13. The second-order valence-corrected chi connectivity index (χ2v) is 4.04. The standard InChI is InChI=1S/C11H14ClN5/c1-2-8(11-14-5-6-15-11)16-10-7(13)3-4-9(12)17-10/h3-6,8H,2,13H2,1H3,(H,14,15)(H,16,17). The number of pyridine rings is 1. The fourth-order valence-corrected chi connectivity index (χ4v) is 1.71. The van der Waals surface area contributed by atoms with Crippen LogP contribution in [0.4, 0.5) is 11.5 Å². The molecule has 0 bridgehead atoms. The van der Waals surface area contributed by atoms with Gasteiger partial charge in [0.25, 0.3) is 0 Å². The second kappa shape index (κ2) is 5.05. The summed E-state index contributed by atoms with van der Waals surface area (Å²) in [7, 11) is 0. The fourth-order valence-electron chi connectivity index (χ4n) is 1.56. The SMILES string of the molecule is CCC(Nc1nc(Cl)ccc1N)c1ncc[nH]1. The Morgan fingerprint density at radius 2 is 2.35 bits per heavy atom. The number of anilines is 2. The van der Waals surface area contributed by atoms with Crippen molar-refractivity contribution < 1.29 is 0 Å². The number of aromatic amines is 1. The van der Waals surface area contributed by atoms with E-state index in [-0.39, 0.29) is 6.04 Å². The zero-order chi connectivity index (χ0) is 12.3. The third kappa shape index (κ3) is 2.68. The first kappa shape index (κ1) is 11.7. The monoisotopic (exact) mass is 251 g/mol. The summed E-state index contributed by atoms with van der Waals surface area (Å²) in [6, 6.07) is 3.43. The van der Waals surface area contributed by atoms with Gasteiger partial charge in [0.2, 0.25) is 0 Å². The molecule has 0 saturated carbocycles. The highest BCUT2D eigenvalue weighted by Crippen LogP contribution is 2.24. The van der Waals surface area contributed by atoms with Crippen molar-refractivity contribution in [1.29, 1.82) is 0 Å². The third-order valence-corrected chi connectivity index (χ3v) is 2.67. The van der Waals surface area contributed by atoms with Crippen molar-refractivity contribution in [1.82, 2.24) is 15.0 Å². The molecule has 6 heteroatoms. The number of nitrogens with two attached hydrogens (primary N) is 1. The van der Waals surface area contributed by atoms with Crippen LogP contribution in [-0.2, 0) is 0 Å². The van der Waals surface area contributed by atoms with Gasteiger partial charge in [-0.2, -0.15) is 0 Å². The Bertz CT molecular complexity index is 483. The van der Waals surface area contributed by atoms with Crippen LogP contribution in [0.25, 0.3) is 0 Å². The number of halogens is 1. The van der Waals surface area contributed by atoms with Crippen molar-refractivity contribution in [3.05, 3.63) is 35.5 Å². The highest BCUT2D eigenvalue weighted by molar-refractivity contribution is 6.29. The molecule has 0 saturated heterocycles. The normalized spacial score (nSPS) is 12.4. The lowest BCUT2D eigenvalue weighted by molar-refractivity contribution is 0.701. The van der Waals surface area contributed by atoms with Gasteiger partial charge in [0, 0.05) is 12.4 Å². The highest BCUT2D eigenvalue weighted by atomic mass is 35.5. The number of nitrogens with one attached hydrogen (secondary N) is 2. The number of rotatable bonds is 4. The molecule has 17 heavy (non-hydrogen) atoms. The third-order valence-electron chi connectivity index (χ3n) is 2.46. The number of imidazole rings is 1. The summed E-state index contributed by atoms with van der Waals surface area (Å²) in [5, 5.41) is 3.64. The number of nitrogen functional groups attached to an aromatic ring is 1. The molecule has 0 aliphatic heterocycles. The number of hydrogen-bond donors (Lipinski definition) is 3. The highest BCUT2D eigenvalue weighted by Gasteiger charge is 2.13. The van der Waals surface area contributed by atoms with Crippen LogP contribution in [0.15, 0.2) is 24.5 Å². The molecular weight excluding hydrogens is 238 g/mol. The topological polar surface area (TPSA) is 79.6 Å². The van der Waals surface area contributed by atoms with E-state index in [1.807, 2.05) is 0 Å². The van der Waals surface area contributed by atoms with E-state index in [4.69, 9.17) is 17.3 Å². The van der Waals surface area contributed by atoms with Crippen molar-refractivity contribution in [2.24, 2.45) is 0 Å². The van der Waals surface area contributed by atoms with Crippen LogP contribution in [0.3, 0.4) is 0 Å². The summed E-state index contributed by atoms with van der Waals surface area (Å²) in [4.78, 5) is 11.4. The number of aromatic nitrogens is 3. The van der Waals surface area contributed by atoms with Crippen molar-refractivity contribution in [2.75, 3.05) is 11.1 Å². The molecule has 0 radical (unpaired) electrons. The predicted molar refractivity (Wildman–Crippen MR) is 68.9 cm³/mol. The van der Waals surface area contributed by atoms with Crippen LogP contribution >= 0.6 is 11.6 Å². The molecule has 0 spiro atoms. The molecule has 90 valence electrons. The first-order valence-corrected chi connectivity index (χ1v) is 5.76. The Morgan fingerprint density at radius 3 is 3.00 bits per heavy atom. The summed E-state index contributed by atoms with van der Waals surface area (Å²) in [5.41, 5.74) is 6.40. The minimum atomic E-state index is 0.0401.